The second-order valence-electron chi connectivity index (χ2n) is 2.95. The van der Waals surface area contributed by atoms with Gasteiger partial charge in [0.1, 0.15) is 0 Å². The minimum Gasteiger partial charge on any atom is -0.490 e. The lowest BCUT2D eigenvalue weighted by atomic mass is 10.4. The van der Waals surface area contributed by atoms with Gasteiger partial charge < -0.3 is 25.2 Å². The van der Waals surface area contributed by atoms with Crippen molar-refractivity contribution in [1.82, 2.24) is 10.2 Å². The number of methoxy groups -OCH3 is 1. The zero-order chi connectivity index (χ0) is 12.6. The molecule has 0 saturated carbocycles. The van der Waals surface area contributed by atoms with E-state index in [0.717, 1.165) is 13.1 Å². The first-order valence-electron chi connectivity index (χ1n) is 4.63. The molecule has 0 aromatic carbocycles. The van der Waals surface area contributed by atoms with Gasteiger partial charge in [-0.1, -0.05) is 0 Å². The summed E-state index contributed by atoms with van der Waals surface area (Å²) in [6, 6.07) is 0. The van der Waals surface area contributed by atoms with Crippen LogP contribution in [-0.4, -0.2) is 60.5 Å². The number of carboxylic acids is 1. The van der Waals surface area contributed by atoms with Crippen LogP contribution in [0.2, 0.25) is 0 Å². The Morgan fingerprint density at radius 2 is 1.81 bits per heavy atom. The highest BCUT2D eigenvalue weighted by molar-refractivity contribution is 5.83. The first-order valence-corrected chi connectivity index (χ1v) is 4.63. The molecule has 0 radical (unpaired) electrons. The fraction of sp³-hybridized carbons (Fsp3) is 0.556. The predicted molar refractivity (Wildman–Crippen MR) is 56.3 cm³/mol. The third kappa shape index (κ3) is 5.86. The van der Waals surface area contributed by atoms with Crippen molar-refractivity contribution in [3.8, 4) is 0 Å². The summed E-state index contributed by atoms with van der Waals surface area (Å²) in [6.45, 7) is 5.86. The van der Waals surface area contributed by atoms with Crippen LogP contribution in [0, 0.1) is 0 Å². The maximum Gasteiger partial charge on any atom is 0.407 e. The zero-order valence-corrected chi connectivity index (χ0v) is 9.10. The van der Waals surface area contributed by atoms with Crippen LogP contribution in [0.15, 0.2) is 12.3 Å². The molecule has 0 atom stereocenters. The van der Waals surface area contributed by atoms with E-state index >= 15 is 0 Å². The highest BCUT2D eigenvalue weighted by atomic mass is 16.5. The highest BCUT2D eigenvalue weighted by Crippen LogP contribution is 1.90. The molecule has 7 nitrogen and oxygen atoms in total. The zero-order valence-electron chi connectivity index (χ0n) is 9.10. The quantitative estimate of drug-likeness (QED) is 0.450. The van der Waals surface area contributed by atoms with E-state index in [0.29, 0.717) is 13.1 Å². The molecule has 92 valence electrons. The largest absolute Gasteiger partial charge is 0.490 e. The van der Waals surface area contributed by atoms with Crippen LogP contribution < -0.4 is 5.32 Å². The van der Waals surface area contributed by atoms with Gasteiger partial charge in [0.15, 0.2) is 5.76 Å². The summed E-state index contributed by atoms with van der Waals surface area (Å²) in [5, 5.41) is 19.5. The molecule has 0 aromatic heterocycles. The van der Waals surface area contributed by atoms with Gasteiger partial charge in [0.2, 0.25) is 0 Å². The molecule has 7 heteroatoms. The molecular formula is C9H16N2O5. The molecule has 1 amide bonds. The fourth-order valence-electron chi connectivity index (χ4n) is 0.943. The topological polar surface area (TPSA) is 99.1 Å². The monoisotopic (exact) mass is 232 g/mol. The van der Waals surface area contributed by atoms with Gasteiger partial charge in [0.05, 0.1) is 7.11 Å². The van der Waals surface area contributed by atoms with E-state index in [9.17, 15) is 9.59 Å². The molecule has 1 heterocycles. The molecule has 1 saturated heterocycles. The Bertz CT molecular complexity index is 261. The molecule has 1 aliphatic heterocycles. The predicted octanol–water partition coefficient (Wildman–Crippen LogP) is -0.199. The number of piperazine rings is 1. The standard InChI is InChI=1S/C5H10N2O2.C4H6O3/c8-5(9)7-3-1-6-2-4-7;1-3(7-2)4(5)6/h6H,1-4H2,(H,8,9);1H2,2H3,(H,5,6). The second-order valence-corrected chi connectivity index (χ2v) is 2.95. The maximum absolute atomic E-state index is 10.3. The van der Waals surface area contributed by atoms with Crippen molar-refractivity contribution in [2.75, 3.05) is 33.3 Å². The van der Waals surface area contributed by atoms with Gasteiger partial charge >= 0.3 is 12.1 Å². The first kappa shape index (κ1) is 14.2. The van der Waals surface area contributed by atoms with Gasteiger partial charge in [0, 0.05) is 26.2 Å². The number of nitrogens with one attached hydrogen (secondary N) is 1. The third-order valence-electron chi connectivity index (χ3n) is 1.87. The Morgan fingerprint density at radius 1 is 1.31 bits per heavy atom. The average molecular weight is 232 g/mol. The van der Waals surface area contributed by atoms with Crippen molar-refractivity contribution < 1.29 is 24.5 Å². The van der Waals surface area contributed by atoms with Crippen LogP contribution in [-0.2, 0) is 9.53 Å². The fourth-order valence-corrected chi connectivity index (χ4v) is 0.943. The van der Waals surface area contributed by atoms with Crippen LogP contribution in [0.5, 0.6) is 0 Å². The Hall–Kier alpha value is -1.76. The van der Waals surface area contributed by atoms with E-state index < -0.39 is 12.1 Å². The van der Waals surface area contributed by atoms with Crippen LogP contribution in [0.4, 0.5) is 4.79 Å². The number of ether oxygens (including phenoxy) is 1. The molecule has 3 N–H and O–H groups in total. The first-order chi connectivity index (χ1) is 7.49. The van der Waals surface area contributed by atoms with Crippen molar-refractivity contribution in [3.63, 3.8) is 0 Å². The van der Waals surface area contributed by atoms with Crippen molar-refractivity contribution in [2.45, 2.75) is 0 Å². The average Bonchev–Trinajstić information content (AvgIpc) is 2.29. The minimum atomic E-state index is -1.12. The number of rotatable bonds is 2. The Kier molecular flexibility index (Phi) is 6.69. The summed E-state index contributed by atoms with van der Waals surface area (Å²) in [5.74, 6) is -1.36. The highest BCUT2D eigenvalue weighted by Gasteiger charge is 2.13. The van der Waals surface area contributed by atoms with Gasteiger partial charge in [0.25, 0.3) is 0 Å². The summed E-state index contributed by atoms with van der Waals surface area (Å²) in [6.07, 6.45) is -0.809. The minimum absolute atomic E-state index is 0.236. The number of hydrogen-bond donors (Lipinski definition) is 3. The molecular weight excluding hydrogens is 216 g/mol. The van der Waals surface area contributed by atoms with E-state index in [4.69, 9.17) is 10.2 Å². The van der Waals surface area contributed by atoms with E-state index in [1.54, 1.807) is 0 Å². The normalized spacial score (nSPS) is 14.4. The SMILES string of the molecule is C=C(OC)C(=O)O.O=C(O)N1CCNCC1. The van der Waals surface area contributed by atoms with Crippen molar-refractivity contribution >= 4 is 12.1 Å². The van der Waals surface area contributed by atoms with Gasteiger partial charge in [-0.2, -0.15) is 0 Å². The van der Waals surface area contributed by atoms with Crippen molar-refractivity contribution in [1.29, 1.82) is 0 Å². The Morgan fingerprint density at radius 3 is 2.00 bits per heavy atom. The Balaban J connectivity index is 0.000000293. The van der Waals surface area contributed by atoms with Crippen LogP contribution >= 0.6 is 0 Å². The number of carbonyl (C=O) groups is 2. The second kappa shape index (κ2) is 7.52. The van der Waals surface area contributed by atoms with Gasteiger partial charge in [-0.25, -0.2) is 9.59 Å². The van der Waals surface area contributed by atoms with E-state index in [-0.39, 0.29) is 5.76 Å². The molecule has 16 heavy (non-hydrogen) atoms. The smallest absolute Gasteiger partial charge is 0.407 e. The third-order valence-corrected chi connectivity index (χ3v) is 1.87. The molecule has 0 bridgehead atoms. The van der Waals surface area contributed by atoms with Crippen LogP contribution in [0.25, 0.3) is 0 Å². The molecule has 0 aromatic rings. The molecule has 0 unspecified atom stereocenters. The van der Waals surface area contributed by atoms with Gasteiger partial charge in [-0.3, -0.25) is 0 Å². The molecule has 1 aliphatic rings. The lowest BCUT2D eigenvalue weighted by molar-refractivity contribution is -0.136. The number of carboxylic acid groups (broad SMARTS) is 2. The summed E-state index contributed by atoms with van der Waals surface area (Å²) in [7, 11) is 1.26. The van der Waals surface area contributed by atoms with E-state index in [2.05, 4.69) is 16.6 Å². The molecule has 0 aliphatic carbocycles. The van der Waals surface area contributed by atoms with E-state index in [1.807, 2.05) is 0 Å². The Labute approximate surface area is 93.3 Å². The van der Waals surface area contributed by atoms with Crippen molar-refractivity contribution in [3.05, 3.63) is 12.3 Å². The number of hydrogen-bond acceptors (Lipinski definition) is 4. The lowest BCUT2D eigenvalue weighted by Crippen LogP contribution is -2.45. The number of amides is 1. The summed E-state index contributed by atoms with van der Waals surface area (Å²) in [4.78, 5) is 21.4. The summed E-state index contributed by atoms with van der Waals surface area (Å²) < 4.78 is 4.22. The summed E-state index contributed by atoms with van der Waals surface area (Å²) in [5.41, 5.74) is 0. The van der Waals surface area contributed by atoms with Gasteiger partial charge in [-0.15, -0.1) is 0 Å². The lowest BCUT2D eigenvalue weighted by Gasteiger charge is -2.23. The maximum atomic E-state index is 10.3. The van der Waals surface area contributed by atoms with Crippen LogP contribution in [0.3, 0.4) is 0 Å². The molecule has 1 fully saturated rings. The van der Waals surface area contributed by atoms with Crippen LogP contribution in [0.1, 0.15) is 0 Å². The molecule has 1 rings (SSSR count). The molecule has 0 spiro atoms. The van der Waals surface area contributed by atoms with E-state index in [1.165, 1.54) is 12.0 Å². The van der Waals surface area contributed by atoms with Gasteiger partial charge in [-0.05, 0) is 6.58 Å². The van der Waals surface area contributed by atoms with Crippen molar-refractivity contribution in [2.24, 2.45) is 0 Å². The number of aliphatic carboxylic acids is 1. The number of nitrogens with zero attached hydrogens (tertiary/aromatic N) is 1. The summed E-state index contributed by atoms with van der Waals surface area (Å²) >= 11 is 0.